The third-order valence-electron chi connectivity index (χ3n) is 10.5. The van der Waals surface area contributed by atoms with Crippen molar-refractivity contribution < 1.29 is 15.0 Å². The summed E-state index contributed by atoms with van der Waals surface area (Å²) in [5, 5.41) is 23.0. The summed E-state index contributed by atoms with van der Waals surface area (Å²) >= 11 is 0. The van der Waals surface area contributed by atoms with E-state index in [0.717, 1.165) is 83.5 Å². The number of hydrogen-bond donors (Lipinski definition) is 3. The molecule has 0 aliphatic rings. The first-order valence-electron chi connectivity index (χ1n) is 24.7. The maximum Gasteiger partial charge on any atom is 0.220 e. The molecule has 2 unspecified atom stereocenters. The number of aliphatic hydroxyl groups excluding tert-OH is 2. The van der Waals surface area contributed by atoms with Gasteiger partial charge >= 0.3 is 0 Å². The van der Waals surface area contributed by atoms with Gasteiger partial charge in [0.05, 0.1) is 18.8 Å². The Morgan fingerprint density at radius 2 is 0.733 bits per heavy atom. The number of amides is 1. The number of rotatable bonds is 43. The van der Waals surface area contributed by atoms with Crippen LogP contribution in [0.5, 0.6) is 0 Å². The maximum atomic E-state index is 12.4. The van der Waals surface area contributed by atoms with Crippen LogP contribution in [0.15, 0.2) is 122 Å². The monoisotopic (exact) mass is 828 g/mol. The topological polar surface area (TPSA) is 69.6 Å². The van der Waals surface area contributed by atoms with E-state index in [2.05, 4.69) is 129 Å². The van der Waals surface area contributed by atoms with Crippen LogP contribution in [0.4, 0.5) is 0 Å². The molecule has 340 valence electrons. The summed E-state index contributed by atoms with van der Waals surface area (Å²) in [5.41, 5.74) is 0. The molecule has 4 heteroatoms. The molecule has 0 aromatic heterocycles. The summed E-state index contributed by atoms with van der Waals surface area (Å²) in [5.74, 6) is -0.126. The van der Waals surface area contributed by atoms with Gasteiger partial charge in [0, 0.05) is 6.42 Å². The molecular weight excluding hydrogens is 735 g/mol. The van der Waals surface area contributed by atoms with E-state index in [4.69, 9.17) is 0 Å². The van der Waals surface area contributed by atoms with Crippen molar-refractivity contribution in [1.82, 2.24) is 5.32 Å². The number of aliphatic hydroxyl groups is 2. The van der Waals surface area contributed by atoms with Gasteiger partial charge in [0.2, 0.25) is 5.91 Å². The van der Waals surface area contributed by atoms with Crippen LogP contribution < -0.4 is 5.32 Å². The van der Waals surface area contributed by atoms with E-state index < -0.39 is 12.1 Å². The Labute approximate surface area is 371 Å². The van der Waals surface area contributed by atoms with Gasteiger partial charge in [0.1, 0.15) is 0 Å². The zero-order chi connectivity index (χ0) is 43.5. The summed E-state index contributed by atoms with van der Waals surface area (Å²) < 4.78 is 0. The van der Waals surface area contributed by atoms with Gasteiger partial charge in [-0.15, -0.1) is 0 Å². The fourth-order valence-corrected chi connectivity index (χ4v) is 6.71. The van der Waals surface area contributed by atoms with Gasteiger partial charge in [-0.2, -0.15) is 0 Å². The summed E-state index contributed by atoms with van der Waals surface area (Å²) in [6.45, 7) is 4.17. The standard InChI is InChI=1S/C56H93NO3/c1-3-5-7-9-11-13-15-17-19-21-23-24-25-26-27-28-29-30-31-32-34-36-38-40-42-44-46-48-50-52-56(60)57-54(53-58)55(59)51-49-47-45-43-41-39-37-35-33-22-20-18-16-14-12-10-8-6-4-2/h5,7,11,13,17,19,23-24,26-27,29-30,32,34,38,40,44,46,49,51,54-55,58-59H,3-4,6,8-10,12,14-16,18,20-22,25,28,31,33,35-37,39,41-43,45,47-48,50,52-53H2,1-2H3,(H,57,60)/b7-5-,13-11-,19-17-,24-23-,27-26-,30-29-,34-32-,40-38-,46-44-,51-49+. The van der Waals surface area contributed by atoms with E-state index in [9.17, 15) is 15.0 Å². The van der Waals surface area contributed by atoms with Crippen LogP contribution in [0.3, 0.4) is 0 Å². The van der Waals surface area contributed by atoms with E-state index in [1.165, 1.54) is 103 Å². The molecule has 4 nitrogen and oxygen atoms in total. The lowest BCUT2D eigenvalue weighted by Gasteiger charge is -2.19. The zero-order valence-electron chi connectivity index (χ0n) is 38.9. The summed E-state index contributed by atoms with van der Waals surface area (Å²) in [6, 6.07) is -0.662. The average Bonchev–Trinajstić information content (AvgIpc) is 3.25. The van der Waals surface area contributed by atoms with Crippen LogP contribution >= 0.6 is 0 Å². The largest absolute Gasteiger partial charge is 0.394 e. The molecule has 0 heterocycles. The molecule has 0 aromatic rings. The number of carbonyl (C=O) groups is 1. The van der Waals surface area contributed by atoms with Gasteiger partial charge in [-0.25, -0.2) is 0 Å². The molecule has 2 atom stereocenters. The minimum Gasteiger partial charge on any atom is -0.394 e. The normalized spacial score (nSPS) is 14.0. The van der Waals surface area contributed by atoms with Gasteiger partial charge in [-0.3, -0.25) is 4.79 Å². The minimum absolute atomic E-state index is 0.126. The molecule has 0 saturated heterocycles. The van der Waals surface area contributed by atoms with Crippen LogP contribution in [0, 0.1) is 0 Å². The Kier molecular flexibility index (Phi) is 47.5. The summed E-state index contributed by atoms with van der Waals surface area (Å²) in [7, 11) is 0. The Hall–Kier alpha value is -3.21. The van der Waals surface area contributed by atoms with Gasteiger partial charge < -0.3 is 15.5 Å². The predicted octanol–water partition coefficient (Wildman–Crippen LogP) is 16.1. The molecule has 0 rings (SSSR count). The van der Waals surface area contributed by atoms with Crippen molar-refractivity contribution >= 4 is 5.91 Å². The lowest BCUT2D eigenvalue weighted by Crippen LogP contribution is -2.45. The fraction of sp³-hybridized carbons (Fsp3) is 0.625. The molecule has 3 N–H and O–H groups in total. The molecule has 0 spiro atoms. The smallest absolute Gasteiger partial charge is 0.220 e. The van der Waals surface area contributed by atoms with Gasteiger partial charge in [-0.05, 0) is 83.5 Å². The second-order valence-electron chi connectivity index (χ2n) is 16.1. The van der Waals surface area contributed by atoms with Crippen LogP contribution in [0.25, 0.3) is 0 Å². The van der Waals surface area contributed by atoms with Crippen LogP contribution in [-0.2, 0) is 4.79 Å². The van der Waals surface area contributed by atoms with Crippen molar-refractivity contribution in [2.45, 2.75) is 219 Å². The zero-order valence-corrected chi connectivity index (χ0v) is 38.9. The maximum absolute atomic E-state index is 12.4. The Balaban J connectivity index is 3.75. The van der Waals surface area contributed by atoms with Crippen molar-refractivity contribution in [3.05, 3.63) is 122 Å². The van der Waals surface area contributed by atoms with Crippen LogP contribution in [0.2, 0.25) is 0 Å². The van der Waals surface area contributed by atoms with Crippen LogP contribution in [-0.4, -0.2) is 34.9 Å². The summed E-state index contributed by atoms with van der Waals surface area (Å²) in [4.78, 5) is 12.4. The Bertz CT molecular complexity index is 1210. The molecule has 60 heavy (non-hydrogen) atoms. The highest BCUT2D eigenvalue weighted by Crippen LogP contribution is 2.15. The Morgan fingerprint density at radius 3 is 1.08 bits per heavy atom. The molecule has 0 aliphatic heterocycles. The number of hydrogen-bond acceptors (Lipinski definition) is 3. The van der Waals surface area contributed by atoms with Crippen LogP contribution in [0.1, 0.15) is 206 Å². The molecule has 0 saturated carbocycles. The predicted molar refractivity (Wildman–Crippen MR) is 266 cm³/mol. The van der Waals surface area contributed by atoms with Gasteiger partial charge in [0.25, 0.3) is 0 Å². The highest BCUT2D eigenvalue weighted by atomic mass is 16.3. The molecular formula is C56H93NO3. The first kappa shape index (κ1) is 56.8. The molecule has 0 aliphatic carbocycles. The van der Waals surface area contributed by atoms with Crippen molar-refractivity contribution in [2.24, 2.45) is 0 Å². The van der Waals surface area contributed by atoms with E-state index in [1.54, 1.807) is 6.08 Å². The van der Waals surface area contributed by atoms with E-state index in [1.807, 2.05) is 6.08 Å². The van der Waals surface area contributed by atoms with Crippen molar-refractivity contribution in [3.8, 4) is 0 Å². The van der Waals surface area contributed by atoms with E-state index in [-0.39, 0.29) is 12.5 Å². The van der Waals surface area contributed by atoms with Crippen molar-refractivity contribution in [1.29, 1.82) is 0 Å². The highest BCUT2D eigenvalue weighted by molar-refractivity contribution is 5.76. The lowest BCUT2D eigenvalue weighted by atomic mass is 10.0. The van der Waals surface area contributed by atoms with Crippen molar-refractivity contribution in [2.75, 3.05) is 6.61 Å². The molecule has 0 radical (unpaired) electrons. The summed E-state index contributed by atoms with van der Waals surface area (Å²) in [6.07, 6.45) is 77.5. The van der Waals surface area contributed by atoms with Gasteiger partial charge in [0.15, 0.2) is 0 Å². The molecule has 0 bridgehead atoms. The third kappa shape index (κ3) is 45.9. The lowest BCUT2D eigenvalue weighted by molar-refractivity contribution is -0.122. The Morgan fingerprint density at radius 1 is 0.417 bits per heavy atom. The number of unbranched alkanes of at least 4 members (excludes halogenated alkanes) is 18. The third-order valence-corrected chi connectivity index (χ3v) is 10.5. The molecule has 0 aromatic carbocycles. The van der Waals surface area contributed by atoms with E-state index >= 15 is 0 Å². The highest BCUT2D eigenvalue weighted by Gasteiger charge is 2.17. The van der Waals surface area contributed by atoms with E-state index in [0.29, 0.717) is 6.42 Å². The fourth-order valence-electron chi connectivity index (χ4n) is 6.71. The first-order valence-corrected chi connectivity index (χ1v) is 24.7. The SMILES string of the molecule is CC/C=C\C/C=C\C/C=C\C/C=C\C/C=C\C/C=C\C/C=C\C/C=C\C/C=C\CCCC(=O)NC(CO)C(O)/C=C/CCCCCCCCCCCCCCCCCCC. The molecule has 1 amide bonds. The number of allylic oxidation sites excluding steroid dienone is 19. The second-order valence-corrected chi connectivity index (χ2v) is 16.1. The number of carbonyl (C=O) groups excluding carboxylic acids is 1. The van der Waals surface area contributed by atoms with Gasteiger partial charge in [-0.1, -0.05) is 238 Å². The minimum atomic E-state index is -0.872. The van der Waals surface area contributed by atoms with Crippen molar-refractivity contribution in [3.63, 3.8) is 0 Å². The average molecular weight is 828 g/mol. The second kappa shape index (κ2) is 50.1. The first-order chi connectivity index (χ1) is 29.7. The number of nitrogens with one attached hydrogen (secondary N) is 1. The molecule has 0 fully saturated rings. The quantitative estimate of drug-likeness (QED) is 0.0424.